The molecule has 0 aromatic rings. The van der Waals surface area contributed by atoms with Crippen molar-refractivity contribution in [3.8, 4) is 0 Å². The van der Waals surface area contributed by atoms with Crippen LogP contribution >= 0.6 is 12.0 Å². The third kappa shape index (κ3) is 4.01. The van der Waals surface area contributed by atoms with Gasteiger partial charge in [0.2, 0.25) is 0 Å². The Hall–Kier alpha value is -0.0200. The van der Waals surface area contributed by atoms with E-state index in [1.54, 1.807) is 0 Å². The van der Waals surface area contributed by atoms with Crippen LogP contribution in [0, 0.1) is 0 Å². The van der Waals surface area contributed by atoms with Gasteiger partial charge in [-0.15, -0.1) is 0 Å². The Bertz CT molecular complexity index is 210. The molecule has 0 spiro atoms. The van der Waals surface area contributed by atoms with Crippen LogP contribution in [-0.4, -0.2) is 17.0 Å². The fraction of sp³-hybridized carbons (Fsp3) is 0.818. The largest absolute Gasteiger partial charge is 0.309 e. The van der Waals surface area contributed by atoms with E-state index in [0.29, 0.717) is 12.8 Å². The first-order valence-corrected chi connectivity index (χ1v) is 5.85. The van der Waals surface area contributed by atoms with Crippen molar-refractivity contribution in [3.63, 3.8) is 0 Å². The summed E-state index contributed by atoms with van der Waals surface area (Å²) in [5, 5.41) is 0.279. The maximum atomic E-state index is 13.0. The van der Waals surface area contributed by atoms with Crippen LogP contribution < -0.4 is 0 Å². The van der Waals surface area contributed by atoms with Gasteiger partial charge in [-0.1, -0.05) is 12.2 Å². The van der Waals surface area contributed by atoms with Crippen molar-refractivity contribution in [3.05, 3.63) is 12.2 Å². The molecule has 1 fully saturated rings. The van der Waals surface area contributed by atoms with Gasteiger partial charge in [-0.05, 0) is 45.7 Å². The van der Waals surface area contributed by atoms with E-state index in [-0.39, 0.29) is 10.9 Å². The fourth-order valence-corrected chi connectivity index (χ4v) is 2.24. The molecule has 1 rings (SSSR count). The van der Waals surface area contributed by atoms with Gasteiger partial charge in [0.1, 0.15) is 6.17 Å². The normalized spacial score (nSPS) is 29.3. The van der Waals surface area contributed by atoms with Gasteiger partial charge in [-0.2, -0.15) is 0 Å². The van der Waals surface area contributed by atoms with Gasteiger partial charge in [-0.3, -0.25) is 0 Å². The summed E-state index contributed by atoms with van der Waals surface area (Å²) in [6.45, 7) is 9.96. The quantitative estimate of drug-likeness (QED) is 0.513. The van der Waals surface area contributed by atoms with Crippen molar-refractivity contribution in [2.45, 2.75) is 57.1 Å². The molecule has 0 aliphatic heterocycles. The van der Waals surface area contributed by atoms with Crippen LogP contribution in [0.25, 0.3) is 0 Å². The zero-order chi connectivity index (χ0) is 10.8. The van der Waals surface area contributed by atoms with Crippen molar-refractivity contribution in [1.29, 1.82) is 0 Å². The molecule has 1 aliphatic carbocycles. The number of hydrogen-bond acceptors (Lipinski definition) is 2. The first-order valence-electron chi connectivity index (χ1n) is 5.05. The van der Waals surface area contributed by atoms with Crippen LogP contribution in [0.3, 0.4) is 0 Å². The Kier molecular flexibility index (Phi) is 4.02. The number of alkyl halides is 1. The lowest BCUT2D eigenvalue weighted by Gasteiger charge is -2.28. The third-order valence-electron chi connectivity index (χ3n) is 2.10. The second-order valence-electron chi connectivity index (χ2n) is 4.82. The van der Waals surface area contributed by atoms with Crippen molar-refractivity contribution in [2.75, 3.05) is 0 Å². The number of hydrogen-bond donors (Lipinski definition) is 0. The zero-order valence-corrected chi connectivity index (χ0v) is 9.99. The van der Waals surface area contributed by atoms with Crippen molar-refractivity contribution < 1.29 is 8.57 Å². The second-order valence-corrected chi connectivity index (χ2v) is 5.75. The number of rotatable bonds is 2. The third-order valence-corrected chi connectivity index (χ3v) is 3.49. The molecule has 1 unspecified atom stereocenters. The Morgan fingerprint density at radius 1 is 1.43 bits per heavy atom. The summed E-state index contributed by atoms with van der Waals surface area (Å²) >= 11 is 1.45. The molecule has 0 radical (unpaired) electrons. The molecule has 3 heteroatoms. The monoisotopic (exact) mass is 218 g/mol. The van der Waals surface area contributed by atoms with Crippen LogP contribution in [0.2, 0.25) is 0 Å². The highest BCUT2D eigenvalue weighted by Gasteiger charge is 2.26. The van der Waals surface area contributed by atoms with E-state index in [1.165, 1.54) is 12.0 Å². The summed E-state index contributed by atoms with van der Waals surface area (Å²) < 4.78 is 18.6. The van der Waals surface area contributed by atoms with E-state index in [4.69, 9.17) is 4.18 Å². The van der Waals surface area contributed by atoms with Gasteiger partial charge < -0.3 is 4.18 Å². The average Bonchev–Trinajstić information content (AvgIpc) is 2.00. The van der Waals surface area contributed by atoms with Crippen LogP contribution in [-0.2, 0) is 4.18 Å². The second kappa shape index (κ2) is 4.67. The first kappa shape index (κ1) is 12.1. The topological polar surface area (TPSA) is 9.23 Å². The molecular weight excluding hydrogens is 199 g/mol. The molecule has 2 atom stereocenters. The Morgan fingerprint density at radius 3 is 2.57 bits per heavy atom. The highest BCUT2D eigenvalue weighted by molar-refractivity contribution is 7.95. The number of halogens is 1. The molecule has 0 N–H and O–H groups in total. The molecule has 0 aromatic carbocycles. The molecule has 0 saturated heterocycles. The predicted molar refractivity (Wildman–Crippen MR) is 60.1 cm³/mol. The minimum Gasteiger partial charge on any atom is -0.309 e. The lowest BCUT2D eigenvalue weighted by atomic mass is 9.94. The highest BCUT2D eigenvalue weighted by Crippen LogP contribution is 2.35. The van der Waals surface area contributed by atoms with Gasteiger partial charge in [0.15, 0.2) is 0 Å². The first-order chi connectivity index (χ1) is 6.38. The van der Waals surface area contributed by atoms with E-state index in [0.717, 1.165) is 12.0 Å². The molecule has 1 saturated carbocycles. The van der Waals surface area contributed by atoms with Crippen LogP contribution in [0.15, 0.2) is 12.2 Å². The van der Waals surface area contributed by atoms with Gasteiger partial charge in [0.05, 0.1) is 10.9 Å². The Morgan fingerprint density at radius 2 is 2.07 bits per heavy atom. The van der Waals surface area contributed by atoms with Gasteiger partial charge >= 0.3 is 0 Å². The Balaban J connectivity index is 2.35. The smallest absolute Gasteiger partial charge is 0.104 e. The molecule has 82 valence electrons. The summed E-state index contributed by atoms with van der Waals surface area (Å²) in [6, 6.07) is 0. The van der Waals surface area contributed by atoms with Gasteiger partial charge in [0.25, 0.3) is 0 Å². The van der Waals surface area contributed by atoms with Gasteiger partial charge in [0, 0.05) is 6.42 Å². The Labute approximate surface area is 90.3 Å². The zero-order valence-electron chi connectivity index (χ0n) is 9.18. The van der Waals surface area contributed by atoms with E-state index >= 15 is 0 Å². The molecule has 0 aromatic heterocycles. The maximum Gasteiger partial charge on any atom is 0.104 e. The van der Waals surface area contributed by atoms with Crippen molar-refractivity contribution in [2.24, 2.45) is 0 Å². The maximum absolute atomic E-state index is 13.0. The lowest BCUT2D eigenvalue weighted by Crippen LogP contribution is -2.23. The minimum absolute atomic E-state index is 0.141. The van der Waals surface area contributed by atoms with Crippen LogP contribution in [0.5, 0.6) is 0 Å². The summed E-state index contributed by atoms with van der Waals surface area (Å²) in [4.78, 5) is 0. The van der Waals surface area contributed by atoms with E-state index < -0.39 is 6.17 Å². The highest BCUT2D eigenvalue weighted by atomic mass is 32.2. The molecule has 14 heavy (non-hydrogen) atoms. The standard InChI is InChI=1S/C11H19FOS/c1-8-7-9(12)5-6-10(8)14-13-11(2,3)4/h9-10H,1,5-7H2,2-4H3/t9-,10?/m0/s1. The fourth-order valence-electron chi connectivity index (χ4n) is 1.37. The van der Waals surface area contributed by atoms with E-state index in [1.807, 2.05) is 20.8 Å². The molecule has 0 bridgehead atoms. The SMILES string of the molecule is C=C1C[C@@H](F)CCC1SOC(C)(C)C. The summed E-state index contributed by atoms with van der Waals surface area (Å²) in [7, 11) is 0. The lowest BCUT2D eigenvalue weighted by molar-refractivity contribution is 0.162. The van der Waals surface area contributed by atoms with E-state index in [9.17, 15) is 4.39 Å². The van der Waals surface area contributed by atoms with Gasteiger partial charge in [-0.25, -0.2) is 4.39 Å². The molecule has 0 heterocycles. The summed E-state index contributed by atoms with van der Waals surface area (Å²) in [6.07, 6.45) is 1.31. The average molecular weight is 218 g/mol. The summed E-state index contributed by atoms with van der Waals surface area (Å²) in [5.74, 6) is 0. The van der Waals surface area contributed by atoms with Crippen LogP contribution in [0.1, 0.15) is 40.0 Å². The van der Waals surface area contributed by atoms with Crippen molar-refractivity contribution in [1.82, 2.24) is 0 Å². The van der Waals surface area contributed by atoms with Crippen LogP contribution in [0.4, 0.5) is 4.39 Å². The molecule has 1 aliphatic rings. The molecule has 0 amide bonds. The minimum atomic E-state index is -0.686. The molecule has 1 nitrogen and oxygen atoms in total. The summed E-state index contributed by atoms with van der Waals surface area (Å²) in [5.41, 5.74) is 0.843. The predicted octanol–water partition coefficient (Wildman–Crippen LogP) is 3.90. The molecular formula is C11H19FOS. The van der Waals surface area contributed by atoms with Crippen molar-refractivity contribution >= 4 is 12.0 Å². The van der Waals surface area contributed by atoms with E-state index in [2.05, 4.69) is 6.58 Å².